The molecule has 0 unspecified atom stereocenters. The first-order chi connectivity index (χ1) is 12.5. The van der Waals surface area contributed by atoms with Gasteiger partial charge in [-0.25, -0.2) is 9.78 Å². The Bertz CT molecular complexity index is 1020. The molecule has 0 fully saturated rings. The van der Waals surface area contributed by atoms with E-state index in [4.69, 9.17) is 4.74 Å². The molecule has 0 amide bonds. The summed E-state index contributed by atoms with van der Waals surface area (Å²) >= 11 is 3.50. The molecule has 2 aromatic heterocycles. The Hall–Kier alpha value is -1.87. The fourth-order valence-corrected chi connectivity index (χ4v) is 4.32. The van der Waals surface area contributed by atoms with Crippen molar-refractivity contribution < 1.29 is 13.4 Å². The molecule has 1 aliphatic rings. The minimum absolute atomic E-state index is 0.103. The van der Waals surface area contributed by atoms with Gasteiger partial charge in [0.2, 0.25) is 0 Å². The third kappa shape index (κ3) is 2.83. The zero-order valence-corrected chi connectivity index (χ0v) is 16.6. The number of hydrogen-bond acceptors (Lipinski definition) is 5. The van der Waals surface area contributed by atoms with E-state index in [-0.39, 0.29) is 12.3 Å². The summed E-state index contributed by atoms with van der Waals surface area (Å²) < 4.78 is 20.3. The smallest absolute Gasteiger partial charge is 0.340 e. The summed E-state index contributed by atoms with van der Waals surface area (Å²) in [5.41, 5.74) is 4.12. The van der Waals surface area contributed by atoms with E-state index in [9.17, 15) is 8.68 Å². The molecule has 6 nitrogen and oxygen atoms in total. The largest absolute Gasteiger partial charge is 0.465 e. The van der Waals surface area contributed by atoms with E-state index in [0.717, 1.165) is 35.0 Å². The Kier molecular flexibility index (Phi) is 4.52. The highest BCUT2D eigenvalue weighted by Crippen LogP contribution is 2.35. The number of carbonyl (C=O) groups excluding carboxylic acids is 1. The SMILES string of the molecule is COC(=O)c1cc(Br)cc2[nH]c(-c3nn(SF)c4c3C[C@H](C)CC4)nc12. The van der Waals surface area contributed by atoms with Crippen LogP contribution in [0.15, 0.2) is 16.6 Å². The Morgan fingerprint density at radius 2 is 2.31 bits per heavy atom. The minimum Gasteiger partial charge on any atom is -0.465 e. The van der Waals surface area contributed by atoms with Crippen LogP contribution in [0.2, 0.25) is 0 Å². The van der Waals surface area contributed by atoms with Crippen LogP contribution >= 0.6 is 28.3 Å². The first-order valence-electron chi connectivity index (χ1n) is 8.19. The molecule has 0 saturated heterocycles. The van der Waals surface area contributed by atoms with Crippen LogP contribution in [0.1, 0.15) is 35.0 Å². The van der Waals surface area contributed by atoms with Crippen molar-refractivity contribution in [2.24, 2.45) is 5.92 Å². The lowest BCUT2D eigenvalue weighted by Gasteiger charge is -2.18. The van der Waals surface area contributed by atoms with Crippen molar-refractivity contribution in [1.29, 1.82) is 0 Å². The normalized spacial score (nSPS) is 16.7. The van der Waals surface area contributed by atoms with Gasteiger partial charge >= 0.3 is 5.97 Å². The number of carbonyl (C=O) groups is 1. The van der Waals surface area contributed by atoms with Crippen LogP contribution in [-0.4, -0.2) is 32.2 Å². The van der Waals surface area contributed by atoms with Crippen molar-refractivity contribution >= 4 is 45.3 Å². The van der Waals surface area contributed by atoms with Crippen molar-refractivity contribution in [1.82, 2.24) is 19.2 Å². The number of aromatic nitrogens is 4. The monoisotopic (exact) mass is 438 g/mol. The number of fused-ring (bicyclic) bond motifs is 2. The van der Waals surface area contributed by atoms with Crippen molar-refractivity contribution in [3.8, 4) is 11.5 Å². The van der Waals surface area contributed by atoms with E-state index in [0.29, 0.717) is 34.0 Å². The fraction of sp³-hybridized carbons (Fsp3) is 0.353. The van der Waals surface area contributed by atoms with Gasteiger partial charge in [-0.3, -0.25) is 0 Å². The highest BCUT2D eigenvalue weighted by atomic mass is 79.9. The van der Waals surface area contributed by atoms with Gasteiger partial charge in [-0.2, -0.15) is 9.19 Å². The topological polar surface area (TPSA) is 72.8 Å². The zero-order chi connectivity index (χ0) is 18.4. The van der Waals surface area contributed by atoms with Crippen LogP contribution in [-0.2, 0) is 17.6 Å². The van der Waals surface area contributed by atoms with E-state index >= 15 is 0 Å². The zero-order valence-electron chi connectivity index (χ0n) is 14.2. The van der Waals surface area contributed by atoms with Gasteiger partial charge in [0.05, 0.1) is 23.9 Å². The maximum absolute atomic E-state index is 13.3. The summed E-state index contributed by atoms with van der Waals surface area (Å²) in [5, 5.41) is 4.41. The van der Waals surface area contributed by atoms with Gasteiger partial charge in [-0.15, -0.1) is 3.89 Å². The van der Waals surface area contributed by atoms with Gasteiger partial charge in [0.15, 0.2) is 18.2 Å². The predicted octanol–water partition coefficient (Wildman–Crippen LogP) is 4.48. The lowest BCUT2D eigenvalue weighted by atomic mass is 9.88. The van der Waals surface area contributed by atoms with Crippen LogP contribution < -0.4 is 0 Å². The van der Waals surface area contributed by atoms with Gasteiger partial charge < -0.3 is 9.72 Å². The molecule has 1 aliphatic carbocycles. The molecule has 136 valence electrons. The maximum atomic E-state index is 13.3. The second-order valence-electron chi connectivity index (χ2n) is 6.49. The summed E-state index contributed by atoms with van der Waals surface area (Å²) in [6.07, 6.45) is 2.63. The second-order valence-corrected chi connectivity index (χ2v) is 7.89. The number of halogens is 2. The molecule has 1 aromatic carbocycles. The number of nitrogens with zero attached hydrogens (tertiary/aromatic N) is 3. The molecule has 2 heterocycles. The van der Waals surface area contributed by atoms with Crippen LogP contribution in [0, 0.1) is 5.92 Å². The first-order valence-corrected chi connectivity index (χ1v) is 9.66. The van der Waals surface area contributed by atoms with E-state index in [1.54, 1.807) is 6.07 Å². The van der Waals surface area contributed by atoms with Crippen LogP contribution in [0.4, 0.5) is 3.89 Å². The standard InChI is InChI=1S/C17H16BrFN4O2S/c1-8-3-4-13-10(5-8)15(22-23(13)26-19)16-20-12-7-9(18)6-11(14(12)21-16)17(24)25-2/h6-8H,3-5H2,1-2H3,(H,20,21)/t8-/m1/s1. The Labute approximate surface area is 162 Å². The predicted molar refractivity (Wildman–Crippen MR) is 102 cm³/mol. The average Bonchev–Trinajstić information content (AvgIpc) is 3.20. The number of methoxy groups -OCH3 is 1. The summed E-state index contributed by atoms with van der Waals surface area (Å²) in [4.78, 5) is 19.9. The Balaban J connectivity index is 1.91. The molecular weight excluding hydrogens is 423 g/mol. The number of esters is 1. The number of imidazole rings is 1. The average molecular weight is 439 g/mol. The van der Waals surface area contributed by atoms with E-state index in [1.165, 1.54) is 11.2 Å². The number of aromatic amines is 1. The van der Waals surface area contributed by atoms with Gasteiger partial charge in [0.25, 0.3) is 0 Å². The first kappa shape index (κ1) is 17.5. The molecular formula is C17H16BrFN4O2S. The molecule has 0 spiro atoms. The highest BCUT2D eigenvalue weighted by Gasteiger charge is 2.27. The van der Waals surface area contributed by atoms with E-state index < -0.39 is 5.97 Å². The van der Waals surface area contributed by atoms with Crippen LogP contribution in [0.5, 0.6) is 0 Å². The summed E-state index contributed by atoms with van der Waals surface area (Å²) in [7, 11) is 1.33. The fourth-order valence-electron chi connectivity index (χ4n) is 3.47. The number of nitrogens with one attached hydrogen (secondary N) is 1. The minimum atomic E-state index is -0.463. The third-order valence-electron chi connectivity index (χ3n) is 4.73. The van der Waals surface area contributed by atoms with Crippen molar-refractivity contribution in [2.75, 3.05) is 7.11 Å². The van der Waals surface area contributed by atoms with Gasteiger partial charge in [-0.05, 0) is 37.3 Å². The molecule has 26 heavy (non-hydrogen) atoms. The van der Waals surface area contributed by atoms with Crippen LogP contribution in [0.3, 0.4) is 0 Å². The van der Waals surface area contributed by atoms with Crippen molar-refractivity contribution in [3.05, 3.63) is 33.4 Å². The van der Waals surface area contributed by atoms with Crippen LogP contribution in [0.25, 0.3) is 22.6 Å². The molecule has 0 radical (unpaired) electrons. The number of benzene rings is 1. The summed E-state index contributed by atoms with van der Waals surface area (Å²) in [6.45, 7) is 2.18. The molecule has 3 aromatic rings. The Morgan fingerprint density at radius 1 is 1.50 bits per heavy atom. The number of hydrogen-bond donors (Lipinski definition) is 1. The summed E-state index contributed by atoms with van der Waals surface area (Å²) in [5.74, 6) is 0.573. The van der Waals surface area contributed by atoms with Gasteiger partial charge in [-0.1, -0.05) is 22.9 Å². The van der Waals surface area contributed by atoms with Crippen molar-refractivity contribution in [2.45, 2.75) is 26.2 Å². The lowest BCUT2D eigenvalue weighted by molar-refractivity contribution is 0.0602. The second kappa shape index (κ2) is 6.70. The van der Waals surface area contributed by atoms with E-state index in [1.807, 2.05) is 6.07 Å². The third-order valence-corrected chi connectivity index (χ3v) is 5.62. The quantitative estimate of drug-likeness (QED) is 0.610. The van der Waals surface area contributed by atoms with E-state index in [2.05, 4.69) is 37.9 Å². The number of H-pyrrole nitrogens is 1. The molecule has 1 atom stereocenters. The molecule has 0 saturated carbocycles. The Morgan fingerprint density at radius 3 is 3.04 bits per heavy atom. The summed E-state index contributed by atoms with van der Waals surface area (Å²) in [6, 6.07) is 3.51. The van der Waals surface area contributed by atoms with Gasteiger partial charge in [0.1, 0.15) is 11.2 Å². The molecule has 1 N–H and O–H groups in total. The number of rotatable bonds is 3. The number of ether oxygens (including phenoxy) is 1. The highest BCUT2D eigenvalue weighted by molar-refractivity contribution is 9.10. The van der Waals surface area contributed by atoms with Gasteiger partial charge in [0, 0.05) is 10.0 Å². The maximum Gasteiger partial charge on any atom is 0.340 e. The molecule has 4 rings (SSSR count). The molecule has 9 heteroatoms. The molecule has 0 aliphatic heterocycles. The van der Waals surface area contributed by atoms with Crippen molar-refractivity contribution in [3.63, 3.8) is 0 Å². The lowest BCUT2D eigenvalue weighted by Crippen LogP contribution is -2.12. The molecule has 0 bridgehead atoms.